The van der Waals surface area contributed by atoms with Crippen LogP contribution in [0, 0.1) is 6.92 Å². The van der Waals surface area contributed by atoms with E-state index >= 15 is 0 Å². The van der Waals surface area contributed by atoms with Crippen LogP contribution in [-0.2, 0) is 0 Å². The number of alkyl halides is 3. The summed E-state index contributed by atoms with van der Waals surface area (Å²) < 4.78 is 40.2. The van der Waals surface area contributed by atoms with E-state index in [0.29, 0.717) is 21.5 Å². The minimum absolute atomic E-state index is 0.0497. The van der Waals surface area contributed by atoms with Crippen molar-refractivity contribution in [1.82, 2.24) is 4.98 Å². The van der Waals surface area contributed by atoms with Crippen molar-refractivity contribution in [3.8, 4) is 5.75 Å². The lowest BCUT2D eigenvalue weighted by Crippen LogP contribution is -2.17. The molecule has 0 saturated heterocycles. The van der Waals surface area contributed by atoms with Crippen LogP contribution in [0.2, 0.25) is 10.0 Å². The molecule has 0 N–H and O–H groups in total. The molecular weight excluding hydrogens is 290 g/mol. The second-order valence-electron chi connectivity index (χ2n) is 3.60. The van der Waals surface area contributed by atoms with Gasteiger partial charge in [0.1, 0.15) is 5.75 Å². The Morgan fingerprint density at radius 2 is 1.89 bits per heavy atom. The van der Waals surface area contributed by atoms with Gasteiger partial charge in [-0.05, 0) is 18.6 Å². The van der Waals surface area contributed by atoms with Crippen molar-refractivity contribution in [3.63, 3.8) is 0 Å². The Morgan fingerprint density at radius 1 is 1.22 bits per heavy atom. The van der Waals surface area contributed by atoms with Crippen LogP contribution >= 0.6 is 23.2 Å². The van der Waals surface area contributed by atoms with Gasteiger partial charge >= 0.3 is 6.36 Å². The van der Waals surface area contributed by atoms with Gasteiger partial charge < -0.3 is 4.74 Å². The third-order valence-corrected chi connectivity index (χ3v) is 3.03. The van der Waals surface area contributed by atoms with Gasteiger partial charge in [-0.3, -0.25) is 4.98 Å². The van der Waals surface area contributed by atoms with Crippen LogP contribution in [0.3, 0.4) is 0 Å². The average molecular weight is 296 g/mol. The monoisotopic (exact) mass is 295 g/mol. The van der Waals surface area contributed by atoms with Crippen LogP contribution in [0.15, 0.2) is 18.3 Å². The summed E-state index contributed by atoms with van der Waals surface area (Å²) in [5.41, 5.74) is 0.978. The van der Waals surface area contributed by atoms with Gasteiger partial charge in [0.05, 0.1) is 15.6 Å². The van der Waals surface area contributed by atoms with Gasteiger partial charge in [0, 0.05) is 17.6 Å². The van der Waals surface area contributed by atoms with Gasteiger partial charge in [0.15, 0.2) is 0 Å². The highest BCUT2D eigenvalue weighted by Gasteiger charge is 2.31. The van der Waals surface area contributed by atoms with Crippen LogP contribution in [0.4, 0.5) is 13.2 Å². The Balaban J connectivity index is 2.63. The van der Waals surface area contributed by atoms with E-state index < -0.39 is 12.1 Å². The first-order valence-electron chi connectivity index (χ1n) is 4.78. The number of halogens is 5. The Morgan fingerprint density at radius 3 is 2.50 bits per heavy atom. The van der Waals surface area contributed by atoms with Crippen LogP contribution in [-0.4, -0.2) is 11.3 Å². The van der Waals surface area contributed by atoms with Crippen molar-refractivity contribution < 1.29 is 17.9 Å². The summed E-state index contributed by atoms with van der Waals surface area (Å²) >= 11 is 11.9. The Labute approximate surface area is 110 Å². The molecule has 18 heavy (non-hydrogen) atoms. The summed E-state index contributed by atoms with van der Waals surface area (Å²) in [4.78, 5) is 4.03. The van der Waals surface area contributed by atoms with Crippen molar-refractivity contribution in [2.75, 3.05) is 0 Å². The van der Waals surface area contributed by atoms with E-state index in [0.717, 1.165) is 12.1 Å². The molecule has 0 aliphatic rings. The van der Waals surface area contributed by atoms with Gasteiger partial charge in [-0.1, -0.05) is 23.2 Å². The normalized spacial score (nSPS) is 11.9. The largest absolute Gasteiger partial charge is 0.573 e. The van der Waals surface area contributed by atoms with E-state index in [-0.39, 0.29) is 5.02 Å². The number of pyridine rings is 1. The van der Waals surface area contributed by atoms with Crippen LogP contribution in [0.25, 0.3) is 10.9 Å². The summed E-state index contributed by atoms with van der Waals surface area (Å²) in [5, 5.41) is 0.673. The van der Waals surface area contributed by atoms with Crippen LogP contribution in [0.5, 0.6) is 5.75 Å². The Bertz CT molecular complexity index is 613. The Hall–Kier alpha value is -1.20. The van der Waals surface area contributed by atoms with Crippen LogP contribution < -0.4 is 4.74 Å². The zero-order chi connectivity index (χ0) is 13.5. The maximum atomic E-state index is 12.1. The SMILES string of the molecule is Cc1cnc2c(Cl)cc(OC(F)(F)F)cc2c1Cl. The van der Waals surface area contributed by atoms with Crippen molar-refractivity contribution in [3.05, 3.63) is 33.9 Å². The van der Waals surface area contributed by atoms with Gasteiger partial charge in [-0.2, -0.15) is 0 Å². The van der Waals surface area contributed by atoms with E-state index in [9.17, 15) is 13.2 Å². The molecule has 0 spiro atoms. The van der Waals surface area contributed by atoms with Crippen molar-refractivity contribution in [2.45, 2.75) is 13.3 Å². The molecule has 1 heterocycles. The average Bonchev–Trinajstić information content (AvgIpc) is 2.21. The highest BCUT2D eigenvalue weighted by molar-refractivity contribution is 6.39. The number of fused-ring (bicyclic) bond motifs is 1. The fraction of sp³-hybridized carbons (Fsp3) is 0.182. The first-order chi connectivity index (χ1) is 8.28. The van der Waals surface area contributed by atoms with Crippen molar-refractivity contribution in [2.24, 2.45) is 0 Å². The van der Waals surface area contributed by atoms with Gasteiger partial charge in [-0.25, -0.2) is 0 Å². The minimum Gasteiger partial charge on any atom is -0.406 e. The molecule has 0 aliphatic carbocycles. The topological polar surface area (TPSA) is 22.1 Å². The number of aryl methyl sites for hydroxylation is 1. The van der Waals surface area contributed by atoms with Crippen molar-refractivity contribution in [1.29, 1.82) is 0 Å². The standard InChI is InChI=1S/C11H6Cl2F3NO/c1-5-4-17-10-7(9(5)13)2-6(3-8(10)12)18-11(14,15)16/h2-4H,1H3. The lowest BCUT2D eigenvalue weighted by Gasteiger charge is -2.11. The van der Waals surface area contributed by atoms with Gasteiger partial charge in [0.2, 0.25) is 0 Å². The van der Waals surface area contributed by atoms with Crippen LogP contribution in [0.1, 0.15) is 5.56 Å². The minimum atomic E-state index is -4.78. The fourth-order valence-electron chi connectivity index (χ4n) is 1.50. The summed E-state index contributed by atoms with van der Waals surface area (Å²) in [7, 11) is 0. The lowest BCUT2D eigenvalue weighted by atomic mass is 10.1. The second-order valence-corrected chi connectivity index (χ2v) is 4.39. The van der Waals surface area contributed by atoms with E-state index in [4.69, 9.17) is 23.2 Å². The lowest BCUT2D eigenvalue weighted by molar-refractivity contribution is -0.274. The predicted octanol–water partition coefficient (Wildman–Crippen LogP) is 4.75. The van der Waals surface area contributed by atoms with Gasteiger partial charge in [-0.15, -0.1) is 13.2 Å². The summed E-state index contributed by atoms with van der Waals surface area (Å²) in [5.74, 6) is -0.422. The molecule has 0 saturated carbocycles. The summed E-state index contributed by atoms with van der Waals surface area (Å²) in [6.07, 6.45) is -3.28. The molecule has 2 aromatic rings. The quantitative estimate of drug-likeness (QED) is 0.757. The maximum Gasteiger partial charge on any atom is 0.573 e. The first-order valence-corrected chi connectivity index (χ1v) is 5.53. The molecule has 0 atom stereocenters. The molecule has 0 amide bonds. The molecule has 0 fully saturated rings. The smallest absolute Gasteiger partial charge is 0.406 e. The molecule has 7 heteroatoms. The molecule has 0 unspecified atom stereocenters. The molecule has 2 rings (SSSR count). The molecule has 0 bridgehead atoms. The van der Waals surface area contributed by atoms with E-state index in [1.807, 2.05) is 0 Å². The highest BCUT2D eigenvalue weighted by Crippen LogP contribution is 2.35. The number of aromatic nitrogens is 1. The van der Waals surface area contributed by atoms with E-state index in [1.165, 1.54) is 6.20 Å². The molecular formula is C11H6Cl2F3NO. The number of benzene rings is 1. The van der Waals surface area contributed by atoms with E-state index in [2.05, 4.69) is 9.72 Å². The number of hydrogen-bond acceptors (Lipinski definition) is 2. The number of rotatable bonds is 1. The Kier molecular flexibility index (Phi) is 3.29. The number of hydrogen-bond donors (Lipinski definition) is 0. The third kappa shape index (κ3) is 2.62. The van der Waals surface area contributed by atoms with E-state index in [1.54, 1.807) is 6.92 Å². The predicted molar refractivity (Wildman–Crippen MR) is 63.2 cm³/mol. The maximum absolute atomic E-state index is 12.1. The highest BCUT2D eigenvalue weighted by atomic mass is 35.5. The molecule has 2 nitrogen and oxygen atoms in total. The van der Waals surface area contributed by atoms with Crippen molar-refractivity contribution >= 4 is 34.1 Å². The molecule has 96 valence electrons. The number of ether oxygens (including phenoxy) is 1. The third-order valence-electron chi connectivity index (χ3n) is 2.24. The van der Waals surface area contributed by atoms with Gasteiger partial charge in [0.25, 0.3) is 0 Å². The number of nitrogens with zero attached hydrogens (tertiary/aromatic N) is 1. The molecule has 1 aromatic carbocycles. The summed E-state index contributed by atoms with van der Waals surface area (Å²) in [6.45, 7) is 1.69. The molecule has 0 radical (unpaired) electrons. The summed E-state index contributed by atoms with van der Waals surface area (Å²) in [6, 6.07) is 2.22. The molecule has 0 aliphatic heterocycles. The first kappa shape index (κ1) is 13.2. The zero-order valence-electron chi connectivity index (χ0n) is 8.98. The molecule has 1 aromatic heterocycles. The second kappa shape index (κ2) is 4.48. The fourth-order valence-corrected chi connectivity index (χ4v) is 1.95. The zero-order valence-corrected chi connectivity index (χ0v) is 10.5.